The molecule has 2 rings (SSSR count). The maximum atomic E-state index is 11.8. The Morgan fingerprint density at radius 3 is 1.97 bits per heavy atom. The summed E-state index contributed by atoms with van der Waals surface area (Å²) in [5.74, 6) is 23.2. The van der Waals surface area contributed by atoms with E-state index in [1.807, 2.05) is 31.2 Å². The fraction of sp³-hybridized carbons (Fsp3) is 0.267. The molecule has 0 aromatic heterocycles. The van der Waals surface area contributed by atoms with Crippen molar-refractivity contribution in [2.75, 3.05) is 6.61 Å². The molecule has 0 bridgehead atoms. The Balaban J connectivity index is 1.49. The monoisotopic (exact) mass is 450 g/mol. The minimum absolute atomic E-state index is 0.148. The molecule has 2 aromatic carbocycles. The molecule has 2 aromatic rings. The van der Waals surface area contributed by atoms with E-state index in [0.717, 1.165) is 5.75 Å². The third kappa shape index (κ3) is 11.9. The molecule has 0 N–H and O–H groups in total. The average Bonchev–Trinajstić information content (AvgIpc) is 2.85. The molecular weight excluding hydrogens is 424 g/mol. The Kier molecular flexibility index (Phi) is 12.4. The molecule has 0 aliphatic rings. The van der Waals surface area contributed by atoms with Gasteiger partial charge in [0.15, 0.2) is 0 Å². The second-order valence-corrected chi connectivity index (χ2v) is 7.03. The summed E-state index contributed by atoms with van der Waals surface area (Å²) in [6, 6.07) is 16.3. The van der Waals surface area contributed by atoms with Gasteiger partial charge in [0.05, 0.1) is 24.8 Å². The quantitative estimate of drug-likeness (QED) is 0.266. The van der Waals surface area contributed by atoms with Crippen LogP contribution in [0.5, 0.6) is 5.75 Å². The van der Waals surface area contributed by atoms with Crippen LogP contribution in [0.2, 0.25) is 0 Å². The van der Waals surface area contributed by atoms with Crippen molar-refractivity contribution in [2.24, 2.45) is 0 Å². The number of ether oxygens (including phenoxy) is 2. The van der Waals surface area contributed by atoms with Gasteiger partial charge in [0, 0.05) is 12.8 Å². The lowest BCUT2D eigenvalue weighted by molar-refractivity contribution is -0.138. The number of hydrogen-bond donors (Lipinski definition) is 0. The van der Waals surface area contributed by atoms with E-state index in [9.17, 15) is 9.59 Å². The smallest absolute Gasteiger partial charge is 0.345 e. The first-order chi connectivity index (χ1) is 16.6. The maximum Gasteiger partial charge on any atom is 0.345 e. The van der Waals surface area contributed by atoms with Crippen LogP contribution in [0.1, 0.15) is 54.4 Å². The number of benzene rings is 2. The van der Waals surface area contributed by atoms with Crippen molar-refractivity contribution in [2.45, 2.75) is 45.4 Å². The topological polar surface area (TPSA) is 52.6 Å². The highest BCUT2D eigenvalue weighted by atomic mass is 16.6. The fourth-order valence-electron chi connectivity index (χ4n) is 2.51. The molecule has 0 spiro atoms. The lowest BCUT2D eigenvalue weighted by atomic mass is 10.2. The molecule has 0 amide bonds. The van der Waals surface area contributed by atoms with Crippen LogP contribution in [0.4, 0.5) is 0 Å². The van der Waals surface area contributed by atoms with Crippen molar-refractivity contribution in [3.63, 3.8) is 0 Å². The van der Waals surface area contributed by atoms with Crippen molar-refractivity contribution in [3.05, 3.63) is 65.7 Å². The van der Waals surface area contributed by atoms with Gasteiger partial charge in [0.2, 0.25) is 0 Å². The fourth-order valence-corrected chi connectivity index (χ4v) is 2.51. The normalized spacial score (nSPS) is 8.85. The van der Waals surface area contributed by atoms with Gasteiger partial charge >= 0.3 is 11.9 Å². The number of unbranched alkanes of at least 4 members (excludes halogenated alkanes) is 1. The minimum atomic E-state index is -0.630. The first-order valence-corrected chi connectivity index (χ1v) is 11.0. The summed E-state index contributed by atoms with van der Waals surface area (Å²) < 4.78 is 10.3. The van der Waals surface area contributed by atoms with Crippen LogP contribution in [-0.4, -0.2) is 18.5 Å². The van der Waals surface area contributed by atoms with E-state index < -0.39 is 11.9 Å². The van der Waals surface area contributed by atoms with Crippen molar-refractivity contribution >= 4 is 11.9 Å². The Bertz CT molecular complexity index is 1180. The molecule has 0 aliphatic carbocycles. The zero-order chi connectivity index (χ0) is 24.3. The average molecular weight is 451 g/mol. The van der Waals surface area contributed by atoms with Gasteiger partial charge in [-0.25, -0.2) is 4.79 Å². The van der Waals surface area contributed by atoms with E-state index >= 15 is 0 Å². The van der Waals surface area contributed by atoms with Gasteiger partial charge in [0.1, 0.15) is 12.4 Å². The van der Waals surface area contributed by atoms with Gasteiger partial charge in [0.25, 0.3) is 0 Å². The van der Waals surface area contributed by atoms with Crippen molar-refractivity contribution in [1.29, 1.82) is 0 Å². The summed E-state index contributed by atoms with van der Waals surface area (Å²) in [5, 5.41) is 0. The SMILES string of the molecule is Cc1ccc(OCC#CCC#CCC#CCC#CCCCC(=O)OC(=O)c2ccccc2)cc1. The second kappa shape index (κ2) is 16.3. The van der Waals surface area contributed by atoms with Crippen LogP contribution in [0, 0.1) is 54.3 Å². The van der Waals surface area contributed by atoms with Crippen molar-refractivity contribution in [1.82, 2.24) is 0 Å². The van der Waals surface area contributed by atoms with Crippen LogP contribution in [-0.2, 0) is 9.53 Å². The summed E-state index contributed by atoms with van der Waals surface area (Å²) in [7, 11) is 0. The van der Waals surface area contributed by atoms with Crippen molar-refractivity contribution < 1.29 is 19.1 Å². The van der Waals surface area contributed by atoms with E-state index in [0.29, 0.717) is 44.3 Å². The van der Waals surface area contributed by atoms with E-state index in [1.54, 1.807) is 30.3 Å². The van der Waals surface area contributed by atoms with Crippen LogP contribution in [0.3, 0.4) is 0 Å². The molecule has 0 saturated heterocycles. The highest BCUT2D eigenvalue weighted by molar-refractivity contribution is 5.96. The van der Waals surface area contributed by atoms with Gasteiger partial charge < -0.3 is 9.47 Å². The summed E-state index contributed by atoms with van der Waals surface area (Å²) in [5.41, 5.74) is 1.55. The Labute approximate surface area is 202 Å². The van der Waals surface area contributed by atoms with Gasteiger partial charge in [-0.15, -0.1) is 5.92 Å². The molecule has 4 nitrogen and oxygen atoms in total. The third-order valence-electron chi connectivity index (χ3n) is 4.26. The van der Waals surface area contributed by atoms with Gasteiger partial charge in [-0.3, -0.25) is 4.79 Å². The molecule has 0 aliphatic heterocycles. The lowest BCUT2D eigenvalue weighted by Crippen LogP contribution is -2.12. The van der Waals surface area contributed by atoms with Crippen molar-refractivity contribution in [3.8, 4) is 53.1 Å². The van der Waals surface area contributed by atoms with Gasteiger partial charge in [-0.1, -0.05) is 77.3 Å². The number of aryl methyl sites for hydroxylation is 1. The maximum absolute atomic E-state index is 11.8. The highest BCUT2D eigenvalue weighted by Gasteiger charge is 2.11. The summed E-state index contributed by atoms with van der Waals surface area (Å²) in [6.45, 7) is 2.37. The predicted molar refractivity (Wildman–Crippen MR) is 132 cm³/mol. The van der Waals surface area contributed by atoms with Gasteiger partial charge in [-0.05, 0) is 37.6 Å². The van der Waals surface area contributed by atoms with Crippen LogP contribution < -0.4 is 4.74 Å². The van der Waals surface area contributed by atoms with Gasteiger partial charge in [-0.2, -0.15) is 0 Å². The zero-order valence-electron chi connectivity index (χ0n) is 19.3. The number of rotatable bonds is 6. The Morgan fingerprint density at radius 1 is 0.735 bits per heavy atom. The molecule has 0 fully saturated rings. The zero-order valence-corrected chi connectivity index (χ0v) is 19.3. The molecule has 0 unspecified atom stereocenters. The molecule has 0 heterocycles. The first-order valence-electron chi connectivity index (χ1n) is 11.0. The number of esters is 2. The van der Waals surface area contributed by atoms with E-state index in [4.69, 9.17) is 9.47 Å². The summed E-state index contributed by atoms with van der Waals surface area (Å²) in [6.07, 6.45) is 2.64. The number of carbonyl (C=O) groups excluding carboxylic acids is 2. The van der Waals surface area contributed by atoms with E-state index in [1.165, 1.54) is 5.56 Å². The Morgan fingerprint density at radius 2 is 1.32 bits per heavy atom. The summed E-state index contributed by atoms with van der Waals surface area (Å²) in [4.78, 5) is 23.5. The largest absolute Gasteiger partial charge is 0.481 e. The summed E-state index contributed by atoms with van der Waals surface area (Å²) >= 11 is 0. The molecule has 0 atom stereocenters. The second-order valence-electron chi connectivity index (χ2n) is 7.03. The lowest BCUT2D eigenvalue weighted by Gasteiger charge is -2.01. The minimum Gasteiger partial charge on any atom is -0.481 e. The standard InChI is InChI=1S/C30H26O4/c1-26-21-23-28(24-22-26)33-25-17-12-10-8-6-4-2-3-5-7-9-11-16-20-29(31)34-30(32)27-18-14-13-15-19-27/h13-15,18-19,21-24H,4-5,10-11,16,20,25H2,1H3. The molecule has 34 heavy (non-hydrogen) atoms. The van der Waals surface area contributed by atoms with E-state index in [2.05, 4.69) is 47.4 Å². The Hall–Kier alpha value is -4.38. The number of carbonyl (C=O) groups is 2. The molecular formula is C30H26O4. The molecule has 170 valence electrons. The predicted octanol–water partition coefficient (Wildman–Crippen LogP) is 5.11. The highest BCUT2D eigenvalue weighted by Crippen LogP contribution is 2.10. The third-order valence-corrected chi connectivity index (χ3v) is 4.26. The van der Waals surface area contributed by atoms with E-state index in [-0.39, 0.29) is 6.42 Å². The number of hydrogen-bond acceptors (Lipinski definition) is 4. The molecule has 0 radical (unpaired) electrons. The molecule has 4 heteroatoms. The van der Waals surface area contributed by atoms with Crippen LogP contribution >= 0.6 is 0 Å². The molecule has 0 saturated carbocycles. The van der Waals surface area contributed by atoms with Crippen LogP contribution in [0.25, 0.3) is 0 Å². The van der Waals surface area contributed by atoms with Crippen LogP contribution in [0.15, 0.2) is 54.6 Å². The first kappa shape index (κ1) is 25.9.